The van der Waals surface area contributed by atoms with Gasteiger partial charge in [0.15, 0.2) is 0 Å². The number of carbonyl (C=O) groups is 2. The Labute approximate surface area is 168 Å². The van der Waals surface area contributed by atoms with Gasteiger partial charge in [-0.15, -0.1) is 0 Å². The summed E-state index contributed by atoms with van der Waals surface area (Å²) in [7, 11) is 0. The van der Waals surface area contributed by atoms with Crippen molar-refractivity contribution in [3.05, 3.63) is 12.2 Å². The zero-order chi connectivity index (χ0) is 20.3. The van der Waals surface area contributed by atoms with Gasteiger partial charge >= 0.3 is 0 Å². The van der Waals surface area contributed by atoms with E-state index in [4.69, 9.17) is 0 Å². The normalized spacial score (nSPS) is 44.5. The van der Waals surface area contributed by atoms with E-state index in [-0.39, 0.29) is 34.6 Å². The molecule has 152 valence electrons. The summed E-state index contributed by atoms with van der Waals surface area (Å²) in [6.45, 7) is 8.17. The minimum atomic E-state index is -0.820. The van der Waals surface area contributed by atoms with Crippen LogP contribution in [-0.4, -0.2) is 23.4 Å². The van der Waals surface area contributed by atoms with Gasteiger partial charge in [0.2, 0.25) is 11.8 Å². The van der Waals surface area contributed by atoms with E-state index in [9.17, 15) is 14.9 Å². The second-order valence-electron chi connectivity index (χ2n) is 10.6. The molecule has 2 N–H and O–H groups in total. The molecule has 0 saturated heterocycles. The number of fused-ring (bicyclic) bond motifs is 5. The number of amides is 2. The van der Waals surface area contributed by atoms with E-state index in [1.807, 2.05) is 0 Å². The Kier molecular flexibility index (Phi) is 4.41. The van der Waals surface area contributed by atoms with Crippen molar-refractivity contribution >= 4 is 11.8 Å². The molecular weight excluding hydrogens is 350 g/mol. The molecule has 2 amide bonds. The first-order chi connectivity index (χ1) is 13.1. The molecule has 0 spiro atoms. The molecule has 0 radical (unpaired) electrons. The molecule has 1 aliphatic heterocycles. The molecule has 2 unspecified atom stereocenters. The highest BCUT2D eigenvalue weighted by atomic mass is 16.2. The van der Waals surface area contributed by atoms with Crippen molar-refractivity contribution in [3.63, 3.8) is 0 Å². The first kappa shape index (κ1) is 19.5. The molecule has 0 aromatic rings. The first-order valence-corrected chi connectivity index (χ1v) is 10.8. The molecule has 4 aliphatic rings. The first-order valence-electron chi connectivity index (χ1n) is 10.8. The van der Waals surface area contributed by atoms with Gasteiger partial charge in [-0.05, 0) is 81.6 Å². The van der Waals surface area contributed by atoms with Crippen LogP contribution in [0.25, 0.3) is 0 Å². The van der Waals surface area contributed by atoms with Crippen molar-refractivity contribution in [2.75, 3.05) is 0 Å². The maximum atomic E-state index is 13.0. The Morgan fingerprint density at radius 1 is 1.21 bits per heavy atom. The Hall–Kier alpha value is -1.83. The van der Waals surface area contributed by atoms with Crippen LogP contribution in [-0.2, 0) is 9.59 Å². The van der Waals surface area contributed by atoms with Crippen LogP contribution < -0.4 is 10.6 Å². The van der Waals surface area contributed by atoms with Gasteiger partial charge in [0, 0.05) is 17.4 Å². The number of hydrogen-bond donors (Lipinski definition) is 2. The van der Waals surface area contributed by atoms with Crippen molar-refractivity contribution in [3.8, 4) is 6.07 Å². The van der Waals surface area contributed by atoms with E-state index < -0.39 is 5.54 Å². The molecule has 3 aliphatic carbocycles. The summed E-state index contributed by atoms with van der Waals surface area (Å²) in [6, 6.07) is 2.43. The van der Waals surface area contributed by atoms with Crippen LogP contribution in [0.15, 0.2) is 12.2 Å². The highest BCUT2D eigenvalue weighted by Gasteiger charge is 2.61. The fraction of sp³-hybridized carbons (Fsp3) is 0.783. The Balaban J connectivity index is 1.57. The highest BCUT2D eigenvalue weighted by Crippen LogP contribution is 2.65. The Bertz CT molecular complexity index is 766. The van der Waals surface area contributed by atoms with Gasteiger partial charge in [-0.1, -0.05) is 19.9 Å². The fourth-order valence-corrected chi connectivity index (χ4v) is 7.19. The second-order valence-corrected chi connectivity index (χ2v) is 10.6. The zero-order valence-corrected chi connectivity index (χ0v) is 17.5. The largest absolute Gasteiger partial charge is 0.349 e. The lowest BCUT2D eigenvalue weighted by Gasteiger charge is -2.58. The number of hydrogen-bond acceptors (Lipinski definition) is 3. The lowest BCUT2D eigenvalue weighted by molar-refractivity contribution is -0.135. The number of nitrogens with one attached hydrogen (secondary N) is 2. The summed E-state index contributed by atoms with van der Waals surface area (Å²) in [5, 5.41) is 15.5. The monoisotopic (exact) mass is 383 g/mol. The molecule has 4 rings (SSSR count). The Morgan fingerprint density at radius 3 is 2.68 bits per heavy atom. The van der Waals surface area contributed by atoms with Gasteiger partial charge < -0.3 is 10.6 Å². The van der Waals surface area contributed by atoms with Crippen LogP contribution in [0.1, 0.15) is 66.2 Å². The van der Waals surface area contributed by atoms with Gasteiger partial charge in [0.1, 0.15) is 5.54 Å². The summed E-state index contributed by atoms with van der Waals surface area (Å²) in [5.74, 6) is 1.83. The molecular formula is C23H33N3O2. The molecule has 5 nitrogen and oxygen atoms in total. The van der Waals surface area contributed by atoms with Crippen molar-refractivity contribution in [2.24, 2.45) is 34.5 Å². The maximum absolute atomic E-state index is 13.0. The zero-order valence-electron chi connectivity index (χ0n) is 17.5. The van der Waals surface area contributed by atoms with E-state index in [1.165, 1.54) is 0 Å². The summed E-state index contributed by atoms with van der Waals surface area (Å²) in [5.41, 5.74) is -0.776. The summed E-state index contributed by atoms with van der Waals surface area (Å²) >= 11 is 0. The van der Waals surface area contributed by atoms with Crippen LogP contribution in [0.3, 0.4) is 0 Å². The number of rotatable bonds is 2. The molecule has 3 saturated carbocycles. The van der Waals surface area contributed by atoms with Crippen molar-refractivity contribution in [1.82, 2.24) is 10.6 Å². The van der Waals surface area contributed by atoms with Crippen LogP contribution in [0.5, 0.6) is 0 Å². The van der Waals surface area contributed by atoms with E-state index >= 15 is 0 Å². The molecule has 3 fully saturated rings. The van der Waals surface area contributed by atoms with Crippen LogP contribution >= 0.6 is 0 Å². The van der Waals surface area contributed by atoms with Gasteiger partial charge in [-0.25, -0.2) is 0 Å². The standard InChI is InChI=1S/C23H33N3O2/c1-21(2,13-24)26-20(28)17-7-6-15-14-5-8-18-23(4,12-10-19(27)25-18)16(14)9-11-22(15,17)3/h10,12,14-18H,5-9,11H2,1-4H3,(H,25,27)(H,26,28)/t14-,15-,16+,17?,18?,22-,23+/m0/s1. The van der Waals surface area contributed by atoms with Crippen molar-refractivity contribution in [1.29, 1.82) is 5.26 Å². The molecule has 0 aromatic carbocycles. The smallest absolute Gasteiger partial charge is 0.243 e. The topological polar surface area (TPSA) is 82.0 Å². The number of carbonyl (C=O) groups excluding carboxylic acids is 2. The third kappa shape index (κ3) is 2.79. The van der Waals surface area contributed by atoms with Gasteiger partial charge in [0.05, 0.1) is 6.07 Å². The summed E-state index contributed by atoms with van der Waals surface area (Å²) in [4.78, 5) is 24.9. The summed E-state index contributed by atoms with van der Waals surface area (Å²) in [6.07, 6.45) is 10.2. The van der Waals surface area contributed by atoms with Gasteiger partial charge in [-0.2, -0.15) is 5.26 Å². The SMILES string of the molecule is CC(C)(C#N)NC(=O)C1CC[C@H]2[C@@H]3CCC4NC(=O)C=C[C@]4(C)[C@@H]3CC[C@]12C. The minimum absolute atomic E-state index is 0.00166. The molecule has 0 aromatic heterocycles. The van der Waals surface area contributed by atoms with E-state index in [0.717, 1.165) is 38.5 Å². The minimum Gasteiger partial charge on any atom is -0.349 e. The number of nitrogens with zero attached hydrogens (tertiary/aromatic N) is 1. The molecule has 5 heteroatoms. The predicted octanol–water partition coefficient (Wildman–Crippen LogP) is 3.32. The molecule has 0 bridgehead atoms. The van der Waals surface area contributed by atoms with Crippen LogP contribution in [0, 0.1) is 45.8 Å². The number of nitriles is 1. The second kappa shape index (κ2) is 6.34. The lowest BCUT2D eigenvalue weighted by atomic mass is 9.48. The third-order valence-corrected chi connectivity index (χ3v) is 8.72. The predicted molar refractivity (Wildman–Crippen MR) is 107 cm³/mol. The van der Waals surface area contributed by atoms with Crippen molar-refractivity contribution < 1.29 is 9.59 Å². The average molecular weight is 384 g/mol. The maximum Gasteiger partial charge on any atom is 0.243 e. The Morgan fingerprint density at radius 2 is 1.96 bits per heavy atom. The third-order valence-electron chi connectivity index (χ3n) is 8.72. The van der Waals surface area contributed by atoms with E-state index in [2.05, 4.69) is 36.6 Å². The van der Waals surface area contributed by atoms with Crippen LogP contribution in [0.4, 0.5) is 0 Å². The highest BCUT2D eigenvalue weighted by molar-refractivity contribution is 5.89. The van der Waals surface area contributed by atoms with E-state index in [0.29, 0.717) is 17.8 Å². The van der Waals surface area contributed by atoms with Gasteiger partial charge in [-0.3, -0.25) is 9.59 Å². The average Bonchev–Trinajstić information content (AvgIpc) is 2.99. The lowest BCUT2D eigenvalue weighted by Crippen LogP contribution is -2.59. The van der Waals surface area contributed by atoms with Crippen LogP contribution in [0.2, 0.25) is 0 Å². The fourth-order valence-electron chi connectivity index (χ4n) is 7.19. The van der Waals surface area contributed by atoms with E-state index in [1.54, 1.807) is 19.9 Å². The van der Waals surface area contributed by atoms with Gasteiger partial charge in [0.25, 0.3) is 0 Å². The van der Waals surface area contributed by atoms with Crippen molar-refractivity contribution in [2.45, 2.75) is 77.8 Å². The summed E-state index contributed by atoms with van der Waals surface area (Å²) < 4.78 is 0. The molecule has 1 heterocycles. The molecule has 28 heavy (non-hydrogen) atoms. The quantitative estimate of drug-likeness (QED) is 0.767. The molecule has 7 atom stereocenters.